The van der Waals surface area contributed by atoms with Crippen LogP contribution < -0.4 is 10.2 Å². The third-order valence-electron chi connectivity index (χ3n) is 6.54. The highest BCUT2D eigenvalue weighted by Gasteiger charge is 2.24. The zero-order valence-corrected chi connectivity index (χ0v) is 23.1. The second-order valence-electron chi connectivity index (χ2n) is 9.92. The van der Waals surface area contributed by atoms with E-state index in [-0.39, 0.29) is 35.1 Å². The van der Waals surface area contributed by atoms with E-state index in [4.69, 9.17) is 14.7 Å². The fraction of sp³-hybridized carbons (Fsp3) is 0.321. The Morgan fingerprint density at radius 1 is 1.03 bits per heavy atom. The summed E-state index contributed by atoms with van der Waals surface area (Å²) in [4.78, 5) is 33.5. The summed E-state index contributed by atoms with van der Waals surface area (Å²) in [6.45, 7) is 7.44. The number of carbonyl (C=O) groups is 1. The molecule has 39 heavy (non-hydrogen) atoms. The summed E-state index contributed by atoms with van der Waals surface area (Å²) in [6, 6.07) is 10.3. The zero-order valence-electron chi connectivity index (χ0n) is 22.2. The van der Waals surface area contributed by atoms with Gasteiger partial charge in [-0.1, -0.05) is 6.07 Å². The van der Waals surface area contributed by atoms with E-state index in [0.717, 1.165) is 30.5 Å². The second kappa shape index (κ2) is 10.7. The van der Waals surface area contributed by atoms with Crippen LogP contribution in [-0.2, 0) is 21.1 Å². The molecule has 11 heteroatoms. The maximum absolute atomic E-state index is 12.7. The molecule has 0 spiro atoms. The van der Waals surface area contributed by atoms with Crippen LogP contribution >= 0.6 is 0 Å². The van der Waals surface area contributed by atoms with Crippen molar-refractivity contribution in [2.75, 3.05) is 24.2 Å². The van der Waals surface area contributed by atoms with Gasteiger partial charge in [0.15, 0.2) is 9.84 Å². The summed E-state index contributed by atoms with van der Waals surface area (Å²) in [6.07, 6.45) is 6.50. The van der Waals surface area contributed by atoms with Crippen LogP contribution in [0, 0.1) is 6.92 Å². The molecule has 1 amide bonds. The molecule has 0 unspecified atom stereocenters. The Kier molecular flexibility index (Phi) is 7.28. The van der Waals surface area contributed by atoms with Crippen molar-refractivity contribution in [3.63, 3.8) is 0 Å². The minimum atomic E-state index is -3.44. The molecule has 1 aliphatic rings. The Bertz CT molecular complexity index is 1650. The maximum Gasteiger partial charge on any atom is 0.251 e. The molecule has 1 fully saturated rings. The molecule has 1 saturated heterocycles. The first kappa shape index (κ1) is 26.6. The third kappa shape index (κ3) is 6.04. The summed E-state index contributed by atoms with van der Waals surface area (Å²) in [5.41, 5.74) is 3.53. The molecule has 1 aliphatic heterocycles. The van der Waals surface area contributed by atoms with Gasteiger partial charge in [0, 0.05) is 36.5 Å². The van der Waals surface area contributed by atoms with Gasteiger partial charge in [-0.15, -0.1) is 0 Å². The molecule has 0 aliphatic carbocycles. The molecule has 3 aromatic heterocycles. The lowest BCUT2D eigenvalue weighted by Crippen LogP contribution is -2.45. The number of nitrogens with one attached hydrogen (secondary N) is 1. The number of carbonyl (C=O) groups excluding carboxylic acids is 1. The Balaban J connectivity index is 1.34. The Labute approximate surface area is 227 Å². The molecule has 202 valence electrons. The summed E-state index contributed by atoms with van der Waals surface area (Å²) in [7, 11) is -3.44. The van der Waals surface area contributed by atoms with Gasteiger partial charge in [0.05, 0.1) is 52.9 Å². The van der Waals surface area contributed by atoms with Crippen molar-refractivity contribution in [1.82, 2.24) is 25.3 Å². The predicted molar refractivity (Wildman–Crippen MR) is 148 cm³/mol. The van der Waals surface area contributed by atoms with Crippen LogP contribution in [0.2, 0.25) is 0 Å². The first-order valence-corrected chi connectivity index (χ1v) is 14.5. The van der Waals surface area contributed by atoms with Crippen LogP contribution in [0.1, 0.15) is 35.5 Å². The van der Waals surface area contributed by atoms with Crippen LogP contribution in [-0.4, -0.2) is 65.8 Å². The zero-order chi connectivity index (χ0) is 27.7. The molecule has 4 heterocycles. The third-order valence-corrected chi connectivity index (χ3v) is 7.78. The Hall–Kier alpha value is -3.96. The van der Waals surface area contributed by atoms with Crippen molar-refractivity contribution in [2.45, 2.75) is 44.4 Å². The number of anilines is 1. The molecular weight excluding hydrogens is 516 g/mol. The van der Waals surface area contributed by atoms with Gasteiger partial charge in [0.1, 0.15) is 11.5 Å². The summed E-state index contributed by atoms with van der Waals surface area (Å²) in [5.74, 6) is 0.395. The molecule has 0 saturated carbocycles. The SMILES string of the molecule is Cc1ccc(C(=O)NCc2cc3nc(-c4cncc(N5C[C@@H](C)O[C@@H](C)C5)n4)ccc3cn2)cc1S(C)(=O)=O. The smallest absolute Gasteiger partial charge is 0.251 e. The quantitative estimate of drug-likeness (QED) is 0.387. The number of sulfone groups is 1. The average Bonchev–Trinajstić information content (AvgIpc) is 2.90. The van der Waals surface area contributed by atoms with Crippen LogP contribution in [0.5, 0.6) is 0 Å². The number of hydrogen-bond donors (Lipinski definition) is 1. The summed E-state index contributed by atoms with van der Waals surface area (Å²) >= 11 is 0. The first-order chi connectivity index (χ1) is 18.6. The van der Waals surface area contributed by atoms with Crippen LogP contribution in [0.25, 0.3) is 22.3 Å². The largest absolute Gasteiger partial charge is 0.372 e. The highest BCUT2D eigenvalue weighted by Crippen LogP contribution is 2.23. The van der Waals surface area contributed by atoms with Gasteiger partial charge in [0.25, 0.3) is 5.91 Å². The number of morpholine rings is 1. The van der Waals surface area contributed by atoms with Gasteiger partial charge in [-0.25, -0.2) is 18.4 Å². The Morgan fingerprint density at radius 3 is 2.54 bits per heavy atom. The van der Waals surface area contributed by atoms with Gasteiger partial charge >= 0.3 is 0 Å². The number of ether oxygens (including phenoxy) is 1. The molecule has 5 rings (SSSR count). The van der Waals surface area contributed by atoms with Gasteiger partial charge < -0.3 is 15.0 Å². The van der Waals surface area contributed by atoms with Crippen molar-refractivity contribution in [3.8, 4) is 11.4 Å². The lowest BCUT2D eigenvalue weighted by molar-refractivity contribution is -0.00547. The number of aryl methyl sites for hydroxylation is 1. The fourth-order valence-corrected chi connectivity index (χ4v) is 5.70. The fourth-order valence-electron chi connectivity index (χ4n) is 4.71. The highest BCUT2D eigenvalue weighted by molar-refractivity contribution is 7.90. The van der Waals surface area contributed by atoms with Crippen LogP contribution in [0.4, 0.5) is 5.82 Å². The number of aromatic nitrogens is 4. The van der Waals surface area contributed by atoms with Gasteiger partial charge in [-0.2, -0.15) is 0 Å². The number of benzene rings is 1. The number of nitrogens with zero attached hydrogens (tertiary/aromatic N) is 5. The molecule has 0 bridgehead atoms. The number of amides is 1. The number of hydrogen-bond acceptors (Lipinski definition) is 9. The minimum Gasteiger partial charge on any atom is -0.372 e. The Morgan fingerprint density at radius 2 is 1.79 bits per heavy atom. The summed E-state index contributed by atoms with van der Waals surface area (Å²) in [5, 5.41) is 3.67. The lowest BCUT2D eigenvalue weighted by Gasteiger charge is -2.35. The molecule has 0 radical (unpaired) electrons. The van der Waals surface area contributed by atoms with Crippen LogP contribution in [0.3, 0.4) is 0 Å². The van der Waals surface area contributed by atoms with Crippen molar-refractivity contribution in [1.29, 1.82) is 0 Å². The van der Waals surface area contributed by atoms with Crippen molar-refractivity contribution < 1.29 is 17.9 Å². The monoisotopic (exact) mass is 546 g/mol. The minimum absolute atomic E-state index is 0.108. The van der Waals surface area contributed by atoms with E-state index >= 15 is 0 Å². The highest BCUT2D eigenvalue weighted by atomic mass is 32.2. The topological polar surface area (TPSA) is 127 Å². The van der Waals surface area contributed by atoms with Crippen LogP contribution in [0.15, 0.2) is 59.9 Å². The molecule has 4 aromatic rings. The van der Waals surface area contributed by atoms with Gasteiger partial charge in [-0.05, 0) is 56.7 Å². The molecule has 1 N–H and O–H groups in total. The van der Waals surface area contributed by atoms with Gasteiger partial charge in [-0.3, -0.25) is 14.8 Å². The van der Waals surface area contributed by atoms with E-state index in [1.807, 2.05) is 32.0 Å². The van der Waals surface area contributed by atoms with E-state index in [9.17, 15) is 13.2 Å². The number of fused-ring (bicyclic) bond motifs is 1. The van der Waals surface area contributed by atoms with E-state index in [0.29, 0.717) is 28.2 Å². The number of pyridine rings is 2. The lowest BCUT2D eigenvalue weighted by atomic mass is 10.1. The second-order valence-corrected chi connectivity index (χ2v) is 11.9. The van der Waals surface area contributed by atoms with E-state index in [2.05, 4.69) is 20.2 Å². The predicted octanol–water partition coefficient (Wildman–Crippen LogP) is 3.34. The van der Waals surface area contributed by atoms with Crippen molar-refractivity contribution >= 4 is 32.5 Å². The standard InChI is InChI=1S/C28H30N6O4S/c1-17-5-6-20(9-26(17)39(4,36)37)28(35)31-12-22-10-24-21(11-30-22)7-8-23(32-24)25-13-29-14-27(33-25)34-15-18(2)38-19(3)16-34/h5-11,13-14,18-19H,12,15-16H2,1-4H3,(H,31,35)/t18-,19+. The average molecular weight is 547 g/mol. The van der Waals surface area contributed by atoms with E-state index in [1.54, 1.807) is 37.6 Å². The normalized spacial score (nSPS) is 17.8. The van der Waals surface area contributed by atoms with Crippen molar-refractivity contribution in [2.24, 2.45) is 0 Å². The molecule has 1 aromatic carbocycles. The maximum atomic E-state index is 12.7. The van der Waals surface area contributed by atoms with E-state index in [1.165, 1.54) is 6.07 Å². The van der Waals surface area contributed by atoms with Crippen molar-refractivity contribution in [3.05, 3.63) is 71.8 Å². The summed E-state index contributed by atoms with van der Waals surface area (Å²) < 4.78 is 29.9. The molecule has 2 atom stereocenters. The van der Waals surface area contributed by atoms with E-state index < -0.39 is 9.84 Å². The molecule has 10 nitrogen and oxygen atoms in total. The number of rotatable bonds is 6. The van der Waals surface area contributed by atoms with Gasteiger partial charge in [0.2, 0.25) is 0 Å². The molecular formula is C28H30N6O4S. The first-order valence-electron chi connectivity index (χ1n) is 12.6.